The molecule has 0 bridgehead atoms. The Kier molecular flexibility index (Phi) is 4.30. The molecule has 124 valence electrons. The molecule has 1 spiro atoms. The molecule has 0 atom stereocenters. The molecular weight excluding hydrogens is 376 g/mol. The number of aryl methyl sites for hydroxylation is 1. The van der Waals surface area contributed by atoms with E-state index in [2.05, 4.69) is 37.3 Å². The van der Waals surface area contributed by atoms with Crippen molar-refractivity contribution < 1.29 is 4.74 Å². The van der Waals surface area contributed by atoms with Crippen LogP contribution in [0.15, 0.2) is 16.3 Å². The Bertz CT molecular complexity index is 692. The molecule has 7 heteroatoms. The van der Waals surface area contributed by atoms with Gasteiger partial charge in [0.15, 0.2) is 0 Å². The van der Waals surface area contributed by atoms with Gasteiger partial charge in [-0.25, -0.2) is 9.97 Å². The molecule has 2 aromatic rings. The fourth-order valence-corrected chi connectivity index (χ4v) is 5.27. The lowest BCUT2D eigenvalue weighted by atomic mass is 9.80. The first kappa shape index (κ1) is 15.7. The lowest BCUT2D eigenvalue weighted by Gasteiger charge is -2.48. The molecule has 5 nitrogen and oxygen atoms in total. The molecular formula is C16H21BrN4OS. The summed E-state index contributed by atoms with van der Waals surface area (Å²) in [6.45, 7) is 6.78. The number of ether oxygens (including phenoxy) is 1. The standard InChI is InChI=1S/C16H21BrN4OS/c1-2-20-11-19-15-12(20)3-6-21(10-14-18-9-13(17)23-14)16(15)4-7-22-8-5-16/h9,11H,2-8,10H2,1H3. The summed E-state index contributed by atoms with van der Waals surface area (Å²) in [7, 11) is 0. The second-order valence-electron chi connectivity index (χ2n) is 6.20. The molecule has 0 aromatic carbocycles. The summed E-state index contributed by atoms with van der Waals surface area (Å²) in [6.07, 6.45) is 7.03. The van der Waals surface area contributed by atoms with Crippen LogP contribution in [0, 0.1) is 0 Å². The van der Waals surface area contributed by atoms with E-state index in [1.807, 2.05) is 12.5 Å². The highest BCUT2D eigenvalue weighted by Crippen LogP contribution is 2.43. The average molecular weight is 397 g/mol. The van der Waals surface area contributed by atoms with Gasteiger partial charge in [-0.05, 0) is 35.7 Å². The minimum atomic E-state index is 0.0183. The molecule has 23 heavy (non-hydrogen) atoms. The zero-order valence-corrected chi connectivity index (χ0v) is 15.7. The number of hydrogen-bond donors (Lipinski definition) is 0. The Morgan fingerprint density at radius 1 is 1.35 bits per heavy atom. The zero-order chi connectivity index (χ0) is 15.9. The van der Waals surface area contributed by atoms with Crippen LogP contribution >= 0.6 is 27.3 Å². The third kappa shape index (κ3) is 2.67. The molecule has 0 amide bonds. The summed E-state index contributed by atoms with van der Waals surface area (Å²) in [4.78, 5) is 12.0. The van der Waals surface area contributed by atoms with Gasteiger partial charge in [-0.1, -0.05) is 0 Å². The van der Waals surface area contributed by atoms with Gasteiger partial charge in [0.25, 0.3) is 0 Å². The Morgan fingerprint density at radius 3 is 2.87 bits per heavy atom. The van der Waals surface area contributed by atoms with E-state index in [-0.39, 0.29) is 5.54 Å². The van der Waals surface area contributed by atoms with Gasteiger partial charge in [0, 0.05) is 38.4 Å². The van der Waals surface area contributed by atoms with Crippen molar-refractivity contribution in [3.05, 3.63) is 32.7 Å². The van der Waals surface area contributed by atoms with Crippen molar-refractivity contribution in [3.8, 4) is 0 Å². The van der Waals surface area contributed by atoms with Crippen LogP contribution in [0.2, 0.25) is 0 Å². The second kappa shape index (κ2) is 6.27. The molecule has 2 aliphatic rings. The summed E-state index contributed by atoms with van der Waals surface area (Å²) in [6, 6.07) is 0. The summed E-state index contributed by atoms with van der Waals surface area (Å²) in [5, 5.41) is 1.17. The van der Waals surface area contributed by atoms with Gasteiger partial charge in [-0.2, -0.15) is 0 Å². The number of nitrogens with zero attached hydrogens (tertiary/aromatic N) is 4. The molecule has 0 unspecified atom stereocenters. The van der Waals surface area contributed by atoms with Crippen LogP contribution in [-0.4, -0.2) is 39.2 Å². The maximum Gasteiger partial charge on any atom is 0.108 e. The topological polar surface area (TPSA) is 43.2 Å². The predicted octanol–water partition coefficient (Wildman–Crippen LogP) is 3.19. The van der Waals surface area contributed by atoms with Gasteiger partial charge >= 0.3 is 0 Å². The van der Waals surface area contributed by atoms with Gasteiger partial charge in [0.2, 0.25) is 0 Å². The molecule has 1 fully saturated rings. The third-order valence-corrected chi connectivity index (χ3v) is 6.58. The Morgan fingerprint density at radius 2 is 2.17 bits per heavy atom. The highest BCUT2D eigenvalue weighted by Gasteiger charge is 2.46. The van der Waals surface area contributed by atoms with Gasteiger partial charge in [-0.3, -0.25) is 4.90 Å². The maximum absolute atomic E-state index is 5.67. The number of thiazole rings is 1. The Balaban J connectivity index is 1.71. The van der Waals surface area contributed by atoms with Gasteiger partial charge in [-0.15, -0.1) is 11.3 Å². The Labute approximate surface area is 148 Å². The zero-order valence-electron chi connectivity index (χ0n) is 13.3. The summed E-state index contributed by atoms with van der Waals surface area (Å²) in [5.74, 6) is 0. The van der Waals surface area contributed by atoms with Crippen molar-refractivity contribution in [2.75, 3.05) is 19.8 Å². The van der Waals surface area contributed by atoms with Crippen LogP contribution in [0.1, 0.15) is 36.2 Å². The monoisotopic (exact) mass is 396 g/mol. The van der Waals surface area contributed by atoms with E-state index in [9.17, 15) is 0 Å². The molecule has 4 heterocycles. The third-order valence-electron chi connectivity index (χ3n) is 5.12. The fraction of sp³-hybridized carbons (Fsp3) is 0.625. The van der Waals surface area contributed by atoms with Crippen LogP contribution in [0.4, 0.5) is 0 Å². The van der Waals surface area contributed by atoms with Crippen molar-refractivity contribution in [1.82, 2.24) is 19.4 Å². The van der Waals surface area contributed by atoms with Crippen molar-refractivity contribution in [2.24, 2.45) is 0 Å². The van der Waals surface area contributed by atoms with E-state index < -0.39 is 0 Å². The number of rotatable bonds is 3. The lowest BCUT2D eigenvalue weighted by molar-refractivity contribution is -0.0453. The van der Waals surface area contributed by atoms with E-state index >= 15 is 0 Å². The Hall–Kier alpha value is -0.760. The summed E-state index contributed by atoms with van der Waals surface area (Å²) < 4.78 is 9.07. The first-order chi connectivity index (χ1) is 11.2. The number of imidazole rings is 1. The maximum atomic E-state index is 5.67. The largest absolute Gasteiger partial charge is 0.381 e. The van der Waals surface area contributed by atoms with Gasteiger partial charge in [0.1, 0.15) is 5.01 Å². The van der Waals surface area contributed by atoms with Crippen LogP contribution in [0.5, 0.6) is 0 Å². The number of hydrogen-bond acceptors (Lipinski definition) is 5. The van der Waals surface area contributed by atoms with Crippen molar-refractivity contribution in [2.45, 2.75) is 44.8 Å². The van der Waals surface area contributed by atoms with E-state index in [1.54, 1.807) is 11.3 Å². The van der Waals surface area contributed by atoms with Crippen molar-refractivity contribution >= 4 is 27.3 Å². The van der Waals surface area contributed by atoms with Crippen molar-refractivity contribution in [1.29, 1.82) is 0 Å². The lowest BCUT2D eigenvalue weighted by Crippen LogP contribution is -2.53. The first-order valence-electron chi connectivity index (χ1n) is 8.20. The average Bonchev–Trinajstić information content (AvgIpc) is 3.17. The second-order valence-corrected chi connectivity index (χ2v) is 8.69. The molecule has 0 aliphatic carbocycles. The fourth-order valence-electron chi connectivity index (χ4n) is 3.95. The molecule has 0 N–H and O–H groups in total. The number of fused-ring (bicyclic) bond motifs is 2. The van der Waals surface area contributed by atoms with Crippen LogP contribution in [-0.2, 0) is 29.8 Å². The number of halogens is 1. The SMILES string of the molecule is CCn1cnc2c1CCN(Cc1ncc(Br)s1)C21CCOCC1. The molecule has 2 aromatic heterocycles. The van der Waals surface area contributed by atoms with E-state index in [0.717, 1.165) is 55.9 Å². The highest BCUT2D eigenvalue weighted by atomic mass is 79.9. The smallest absolute Gasteiger partial charge is 0.108 e. The first-order valence-corrected chi connectivity index (χ1v) is 9.81. The molecule has 2 aliphatic heterocycles. The molecule has 0 radical (unpaired) electrons. The number of aromatic nitrogens is 3. The quantitative estimate of drug-likeness (QED) is 0.798. The van der Waals surface area contributed by atoms with Crippen LogP contribution in [0.3, 0.4) is 0 Å². The minimum Gasteiger partial charge on any atom is -0.381 e. The van der Waals surface area contributed by atoms with E-state index in [0.29, 0.717) is 0 Å². The molecule has 4 rings (SSSR count). The van der Waals surface area contributed by atoms with E-state index in [1.165, 1.54) is 16.4 Å². The minimum absolute atomic E-state index is 0.0183. The molecule has 0 saturated carbocycles. The summed E-state index contributed by atoms with van der Waals surface area (Å²) >= 11 is 5.25. The van der Waals surface area contributed by atoms with Crippen LogP contribution in [0.25, 0.3) is 0 Å². The normalized spacial score (nSPS) is 20.8. The predicted molar refractivity (Wildman–Crippen MR) is 93.6 cm³/mol. The van der Waals surface area contributed by atoms with Crippen molar-refractivity contribution in [3.63, 3.8) is 0 Å². The van der Waals surface area contributed by atoms with E-state index in [4.69, 9.17) is 9.72 Å². The molecule has 1 saturated heterocycles. The van der Waals surface area contributed by atoms with Crippen LogP contribution < -0.4 is 0 Å². The summed E-state index contributed by atoms with van der Waals surface area (Å²) in [5.41, 5.74) is 2.72. The van der Waals surface area contributed by atoms with Gasteiger partial charge < -0.3 is 9.30 Å². The van der Waals surface area contributed by atoms with Gasteiger partial charge in [0.05, 0.1) is 34.1 Å². The highest BCUT2D eigenvalue weighted by molar-refractivity contribution is 9.11.